The highest BCUT2D eigenvalue weighted by atomic mass is 35.5. The molecule has 21 heavy (non-hydrogen) atoms. The van der Waals surface area contributed by atoms with E-state index in [1.54, 1.807) is 24.3 Å². The van der Waals surface area contributed by atoms with Crippen molar-refractivity contribution in [1.82, 2.24) is 4.72 Å². The Kier molecular flexibility index (Phi) is 5.00. The normalized spacial score (nSPS) is 11.3. The van der Waals surface area contributed by atoms with Crippen molar-refractivity contribution < 1.29 is 17.9 Å². The number of carbonyl (C=O) groups is 1. The van der Waals surface area contributed by atoms with Crippen LogP contribution in [0.1, 0.15) is 15.2 Å². The van der Waals surface area contributed by atoms with Gasteiger partial charge in [-0.1, -0.05) is 23.7 Å². The van der Waals surface area contributed by atoms with E-state index in [1.165, 1.54) is 18.6 Å². The molecule has 2 aromatic rings. The Bertz CT molecular complexity index is 738. The maximum absolute atomic E-state index is 12.2. The van der Waals surface area contributed by atoms with Gasteiger partial charge in [-0.2, -0.15) is 0 Å². The lowest BCUT2D eigenvalue weighted by Gasteiger charge is -2.07. The minimum atomic E-state index is -3.78. The van der Waals surface area contributed by atoms with Crippen LogP contribution in [-0.2, 0) is 21.3 Å². The van der Waals surface area contributed by atoms with Crippen LogP contribution in [0.3, 0.4) is 0 Å². The van der Waals surface area contributed by atoms with E-state index in [2.05, 4.69) is 9.46 Å². The molecule has 0 radical (unpaired) electrons. The number of ether oxygens (including phenoxy) is 1. The topological polar surface area (TPSA) is 72.5 Å². The predicted molar refractivity (Wildman–Crippen MR) is 81.1 cm³/mol. The lowest BCUT2D eigenvalue weighted by Crippen LogP contribution is -2.24. The number of carbonyl (C=O) groups excluding carboxylic acids is 1. The van der Waals surface area contributed by atoms with Crippen molar-refractivity contribution in [3.8, 4) is 0 Å². The van der Waals surface area contributed by atoms with Crippen LogP contribution in [0.2, 0.25) is 5.02 Å². The molecule has 0 amide bonds. The fraction of sp³-hybridized carbons (Fsp3) is 0.154. The maximum Gasteiger partial charge on any atom is 0.349 e. The smallest absolute Gasteiger partial charge is 0.349 e. The summed E-state index contributed by atoms with van der Waals surface area (Å²) in [7, 11) is -2.58. The first kappa shape index (κ1) is 16.0. The number of hydrogen-bond donors (Lipinski definition) is 1. The second-order valence-electron chi connectivity index (χ2n) is 4.06. The molecule has 5 nitrogen and oxygen atoms in total. The molecular formula is C13H12ClNO4S2. The molecule has 0 fully saturated rings. The number of rotatable bonds is 5. The van der Waals surface area contributed by atoms with E-state index in [1.807, 2.05) is 0 Å². The number of thiophene rings is 1. The number of halogens is 1. The van der Waals surface area contributed by atoms with E-state index < -0.39 is 16.0 Å². The molecule has 0 atom stereocenters. The van der Waals surface area contributed by atoms with Crippen LogP contribution in [0.15, 0.2) is 40.6 Å². The summed E-state index contributed by atoms with van der Waals surface area (Å²) in [6.45, 7) is 0.107. The summed E-state index contributed by atoms with van der Waals surface area (Å²) in [5.41, 5.74) is 0.762. The van der Waals surface area contributed by atoms with Crippen LogP contribution < -0.4 is 4.72 Å². The Hall–Kier alpha value is -1.41. The zero-order chi connectivity index (χ0) is 15.5. The Morgan fingerprint density at radius 2 is 1.95 bits per heavy atom. The summed E-state index contributed by atoms with van der Waals surface area (Å²) in [6.07, 6.45) is 0. The summed E-state index contributed by atoms with van der Waals surface area (Å²) in [6, 6.07) is 8.17. The standard InChI is InChI=1S/C13H12ClNO4S2/c1-19-13(16)12-11(6-7-20-12)21(17,18)15-8-9-2-4-10(14)5-3-9/h2-7,15H,8H2,1H3. The molecule has 1 N–H and O–H groups in total. The van der Waals surface area contributed by atoms with Crippen LogP contribution in [0.4, 0.5) is 0 Å². The van der Waals surface area contributed by atoms with Gasteiger partial charge in [-0.15, -0.1) is 11.3 Å². The summed E-state index contributed by atoms with van der Waals surface area (Å²) < 4.78 is 31.5. The summed E-state index contributed by atoms with van der Waals surface area (Å²) in [4.78, 5) is 11.5. The average molecular weight is 346 g/mol. The lowest BCUT2D eigenvalue weighted by atomic mass is 10.2. The Morgan fingerprint density at radius 1 is 1.29 bits per heavy atom. The van der Waals surface area contributed by atoms with Gasteiger partial charge in [0.05, 0.1) is 7.11 Å². The number of methoxy groups -OCH3 is 1. The SMILES string of the molecule is COC(=O)c1sccc1S(=O)(=O)NCc1ccc(Cl)cc1. The van der Waals surface area contributed by atoms with Gasteiger partial charge in [-0.05, 0) is 29.1 Å². The number of hydrogen-bond acceptors (Lipinski definition) is 5. The van der Waals surface area contributed by atoms with E-state index >= 15 is 0 Å². The van der Waals surface area contributed by atoms with Crippen LogP contribution in [0.25, 0.3) is 0 Å². The van der Waals surface area contributed by atoms with Crippen LogP contribution in [0, 0.1) is 0 Å². The monoisotopic (exact) mass is 345 g/mol. The van der Waals surface area contributed by atoms with E-state index in [0.29, 0.717) is 5.02 Å². The number of esters is 1. The van der Waals surface area contributed by atoms with Gasteiger partial charge < -0.3 is 4.74 Å². The van der Waals surface area contributed by atoms with E-state index in [9.17, 15) is 13.2 Å². The van der Waals surface area contributed by atoms with Crippen molar-refractivity contribution >= 4 is 38.9 Å². The van der Waals surface area contributed by atoms with Gasteiger partial charge in [0.15, 0.2) is 0 Å². The van der Waals surface area contributed by atoms with Crippen molar-refractivity contribution in [3.63, 3.8) is 0 Å². The fourth-order valence-corrected chi connectivity index (χ4v) is 4.09. The molecule has 1 aromatic carbocycles. The van der Waals surface area contributed by atoms with Gasteiger partial charge in [0.2, 0.25) is 10.0 Å². The lowest BCUT2D eigenvalue weighted by molar-refractivity contribution is 0.0602. The van der Waals surface area contributed by atoms with E-state index in [-0.39, 0.29) is 16.3 Å². The average Bonchev–Trinajstić information content (AvgIpc) is 2.96. The second kappa shape index (κ2) is 6.57. The Morgan fingerprint density at radius 3 is 2.57 bits per heavy atom. The zero-order valence-electron chi connectivity index (χ0n) is 11.0. The van der Waals surface area contributed by atoms with Crippen molar-refractivity contribution in [3.05, 3.63) is 51.2 Å². The molecular weight excluding hydrogens is 334 g/mol. The van der Waals surface area contributed by atoms with Gasteiger partial charge in [0.1, 0.15) is 9.77 Å². The van der Waals surface area contributed by atoms with Crippen molar-refractivity contribution in [2.75, 3.05) is 7.11 Å². The molecule has 0 aliphatic carbocycles. The molecule has 112 valence electrons. The van der Waals surface area contributed by atoms with E-state index in [4.69, 9.17) is 11.6 Å². The Labute approximate surface area is 131 Å². The second-order valence-corrected chi connectivity index (χ2v) is 7.14. The molecule has 1 aromatic heterocycles. The number of sulfonamides is 1. The predicted octanol–water partition coefficient (Wildman–Crippen LogP) is 2.67. The highest BCUT2D eigenvalue weighted by molar-refractivity contribution is 7.89. The largest absolute Gasteiger partial charge is 0.465 e. The van der Waals surface area contributed by atoms with Crippen molar-refractivity contribution in [2.45, 2.75) is 11.4 Å². The summed E-state index contributed by atoms with van der Waals surface area (Å²) in [5.74, 6) is -0.670. The zero-order valence-corrected chi connectivity index (χ0v) is 13.4. The molecule has 2 rings (SSSR count). The third kappa shape index (κ3) is 3.82. The molecule has 0 aliphatic rings. The first-order valence-electron chi connectivity index (χ1n) is 5.84. The van der Waals surface area contributed by atoms with Crippen LogP contribution in [0.5, 0.6) is 0 Å². The number of nitrogens with one attached hydrogen (secondary N) is 1. The summed E-state index contributed by atoms with van der Waals surface area (Å²) >= 11 is 6.79. The first-order valence-corrected chi connectivity index (χ1v) is 8.58. The Balaban J connectivity index is 2.17. The summed E-state index contributed by atoms with van der Waals surface area (Å²) in [5, 5.41) is 2.11. The molecule has 0 saturated carbocycles. The van der Waals surface area contributed by atoms with Gasteiger partial charge in [0, 0.05) is 11.6 Å². The molecule has 0 unspecified atom stereocenters. The van der Waals surface area contributed by atoms with Gasteiger partial charge in [0.25, 0.3) is 0 Å². The third-order valence-corrected chi connectivity index (χ3v) is 5.39. The van der Waals surface area contributed by atoms with E-state index in [0.717, 1.165) is 16.9 Å². The van der Waals surface area contributed by atoms with Crippen molar-refractivity contribution in [1.29, 1.82) is 0 Å². The van der Waals surface area contributed by atoms with Crippen molar-refractivity contribution in [2.24, 2.45) is 0 Å². The van der Waals surface area contributed by atoms with Gasteiger partial charge in [-0.25, -0.2) is 17.9 Å². The van der Waals surface area contributed by atoms with Crippen LogP contribution in [-0.4, -0.2) is 21.5 Å². The molecule has 0 spiro atoms. The molecule has 8 heteroatoms. The quantitative estimate of drug-likeness (QED) is 0.845. The molecule has 0 saturated heterocycles. The highest BCUT2D eigenvalue weighted by Crippen LogP contribution is 2.23. The number of benzene rings is 1. The van der Waals surface area contributed by atoms with Gasteiger partial charge >= 0.3 is 5.97 Å². The third-order valence-electron chi connectivity index (χ3n) is 2.67. The molecule has 1 heterocycles. The maximum atomic E-state index is 12.2. The fourth-order valence-electron chi connectivity index (χ4n) is 1.61. The molecule has 0 aliphatic heterocycles. The van der Waals surface area contributed by atoms with Gasteiger partial charge in [-0.3, -0.25) is 0 Å². The highest BCUT2D eigenvalue weighted by Gasteiger charge is 2.24. The minimum absolute atomic E-state index is 0.0566. The minimum Gasteiger partial charge on any atom is -0.465 e. The van der Waals surface area contributed by atoms with Crippen LogP contribution >= 0.6 is 22.9 Å². The first-order chi connectivity index (χ1) is 9.94. The molecule has 0 bridgehead atoms.